The maximum atomic E-state index is 12.5. The van der Waals surface area contributed by atoms with Gasteiger partial charge in [-0.15, -0.1) is 0 Å². The van der Waals surface area contributed by atoms with E-state index in [0.29, 0.717) is 16.4 Å². The van der Waals surface area contributed by atoms with Crippen LogP contribution in [0.1, 0.15) is 5.56 Å². The van der Waals surface area contributed by atoms with Crippen LogP contribution in [0, 0.1) is 0 Å². The predicted molar refractivity (Wildman–Crippen MR) is 113 cm³/mol. The Morgan fingerprint density at radius 3 is 2.25 bits per heavy atom. The molecule has 3 aromatic carbocycles. The van der Waals surface area contributed by atoms with E-state index < -0.39 is 10.0 Å². The van der Waals surface area contributed by atoms with E-state index in [9.17, 15) is 13.2 Å². The van der Waals surface area contributed by atoms with E-state index in [1.54, 1.807) is 24.3 Å². The molecule has 5 nitrogen and oxygen atoms in total. The molecule has 0 atom stereocenters. The van der Waals surface area contributed by atoms with Gasteiger partial charge >= 0.3 is 0 Å². The van der Waals surface area contributed by atoms with Crippen LogP contribution in [0.4, 0.5) is 11.4 Å². The lowest BCUT2D eigenvalue weighted by Crippen LogP contribution is -2.13. The van der Waals surface area contributed by atoms with E-state index in [4.69, 9.17) is 11.6 Å². The molecule has 0 saturated carbocycles. The minimum absolute atomic E-state index is 0.0744. The second-order valence-corrected chi connectivity index (χ2v) is 7.99. The van der Waals surface area contributed by atoms with Crippen molar-refractivity contribution in [2.45, 2.75) is 4.90 Å². The number of sulfonamides is 1. The van der Waals surface area contributed by atoms with Crippen LogP contribution in [0.3, 0.4) is 0 Å². The Hall–Kier alpha value is -3.09. The number of anilines is 2. The first-order valence-corrected chi connectivity index (χ1v) is 10.2. The van der Waals surface area contributed by atoms with Crippen molar-refractivity contribution in [1.82, 2.24) is 0 Å². The van der Waals surface area contributed by atoms with Gasteiger partial charge in [-0.05, 0) is 54.1 Å². The van der Waals surface area contributed by atoms with Gasteiger partial charge in [0.15, 0.2) is 0 Å². The summed E-state index contributed by atoms with van der Waals surface area (Å²) in [6.07, 6.45) is 3.11. The number of halogens is 1. The van der Waals surface area contributed by atoms with Gasteiger partial charge in [-0.2, -0.15) is 0 Å². The summed E-state index contributed by atoms with van der Waals surface area (Å²) in [6.45, 7) is 0. The summed E-state index contributed by atoms with van der Waals surface area (Å²) in [5.41, 5.74) is 1.77. The number of amides is 1. The topological polar surface area (TPSA) is 75.3 Å². The summed E-state index contributed by atoms with van der Waals surface area (Å²) < 4.78 is 27.4. The number of benzene rings is 3. The van der Waals surface area contributed by atoms with Gasteiger partial charge in [0.1, 0.15) is 0 Å². The van der Waals surface area contributed by atoms with Crippen LogP contribution in [-0.2, 0) is 14.8 Å². The molecule has 0 aliphatic carbocycles. The number of carbonyl (C=O) groups excluding carboxylic acids is 1. The summed E-state index contributed by atoms with van der Waals surface area (Å²) in [6, 6.07) is 21.8. The summed E-state index contributed by atoms with van der Waals surface area (Å²) in [7, 11) is -3.76. The third-order valence-corrected chi connectivity index (χ3v) is 5.37. The van der Waals surface area contributed by atoms with Gasteiger partial charge in [0, 0.05) is 16.8 Å². The summed E-state index contributed by atoms with van der Waals surface area (Å²) >= 11 is 5.87. The van der Waals surface area contributed by atoms with Crippen molar-refractivity contribution in [1.29, 1.82) is 0 Å². The van der Waals surface area contributed by atoms with Crippen molar-refractivity contribution in [2.24, 2.45) is 0 Å². The van der Waals surface area contributed by atoms with Crippen molar-refractivity contribution < 1.29 is 13.2 Å². The van der Waals surface area contributed by atoms with Crippen molar-refractivity contribution in [2.75, 3.05) is 10.0 Å². The molecule has 0 unspecified atom stereocenters. The fourth-order valence-corrected chi connectivity index (χ4v) is 3.64. The molecule has 2 N–H and O–H groups in total. The number of rotatable bonds is 6. The van der Waals surface area contributed by atoms with Crippen molar-refractivity contribution in [3.8, 4) is 0 Å². The molecule has 0 heterocycles. The molecule has 3 rings (SSSR count). The summed E-state index contributed by atoms with van der Waals surface area (Å²) in [5.74, 6) is -0.309. The van der Waals surface area contributed by atoms with E-state index in [2.05, 4.69) is 10.0 Å². The monoisotopic (exact) mass is 412 g/mol. The van der Waals surface area contributed by atoms with Crippen LogP contribution in [0.5, 0.6) is 0 Å². The third-order valence-electron chi connectivity index (χ3n) is 3.74. The lowest BCUT2D eigenvalue weighted by molar-refractivity contribution is -0.111. The molecule has 3 aromatic rings. The van der Waals surface area contributed by atoms with Gasteiger partial charge in [0.2, 0.25) is 5.91 Å². The van der Waals surface area contributed by atoms with Crippen molar-refractivity contribution >= 4 is 45.0 Å². The van der Waals surface area contributed by atoms with Crippen LogP contribution in [-0.4, -0.2) is 14.3 Å². The largest absolute Gasteiger partial charge is 0.323 e. The van der Waals surface area contributed by atoms with Gasteiger partial charge in [0.25, 0.3) is 10.0 Å². The Morgan fingerprint density at radius 2 is 1.57 bits per heavy atom. The Balaban J connectivity index is 1.65. The zero-order valence-corrected chi connectivity index (χ0v) is 16.2. The number of carbonyl (C=O) groups is 1. The van der Waals surface area contributed by atoms with E-state index >= 15 is 0 Å². The highest BCUT2D eigenvalue weighted by atomic mass is 35.5. The minimum Gasteiger partial charge on any atom is -0.323 e. The molecule has 0 fully saturated rings. The van der Waals surface area contributed by atoms with Gasteiger partial charge in [-0.3, -0.25) is 9.52 Å². The highest BCUT2D eigenvalue weighted by Gasteiger charge is 2.14. The Morgan fingerprint density at radius 1 is 0.857 bits per heavy atom. The maximum absolute atomic E-state index is 12.5. The normalized spacial score (nSPS) is 11.3. The molecule has 0 aliphatic heterocycles. The number of hydrogen-bond acceptors (Lipinski definition) is 3. The molecule has 28 heavy (non-hydrogen) atoms. The zero-order valence-electron chi connectivity index (χ0n) is 14.7. The average molecular weight is 413 g/mol. The summed E-state index contributed by atoms with van der Waals surface area (Å²) in [4.78, 5) is 12.1. The third kappa shape index (κ3) is 5.45. The Kier molecular flexibility index (Phi) is 6.13. The quantitative estimate of drug-likeness (QED) is 0.571. The van der Waals surface area contributed by atoms with Crippen LogP contribution in [0.15, 0.2) is 89.8 Å². The molecule has 0 bridgehead atoms. The fraction of sp³-hybridized carbons (Fsp3) is 0. The van der Waals surface area contributed by atoms with Crippen LogP contribution < -0.4 is 10.0 Å². The van der Waals surface area contributed by atoms with Gasteiger partial charge in [-0.25, -0.2) is 8.42 Å². The molecule has 142 valence electrons. The number of nitrogens with one attached hydrogen (secondary N) is 2. The van der Waals surface area contributed by atoms with Gasteiger partial charge < -0.3 is 5.32 Å². The second kappa shape index (κ2) is 8.73. The number of hydrogen-bond donors (Lipinski definition) is 2. The van der Waals surface area contributed by atoms with E-state index in [-0.39, 0.29) is 10.8 Å². The molecule has 0 aromatic heterocycles. The SMILES string of the molecule is O=C(C=Cc1ccccc1)Nc1ccc(S(=O)(=O)Nc2cccc(Cl)c2)cc1. The van der Waals surface area contributed by atoms with E-state index in [1.807, 2.05) is 30.3 Å². The van der Waals surface area contributed by atoms with Crippen LogP contribution in [0.25, 0.3) is 6.08 Å². The smallest absolute Gasteiger partial charge is 0.261 e. The molecule has 7 heteroatoms. The standard InChI is InChI=1S/C21H17ClN2O3S/c22-17-7-4-8-19(15-17)24-28(26,27)20-12-10-18(11-13-20)23-21(25)14-9-16-5-2-1-3-6-16/h1-15,24H,(H,23,25). The maximum Gasteiger partial charge on any atom is 0.261 e. The lowest BCUT2D eigenvalue weighted by atomic mass is 10.2. The zero-order chi connectivity index (χ0) is 20.0. The fourth-order valence-electron chi connectivity index (χ4n) is 2.40. The highest BCUT2D eigenvalue weighted by molar-refractivity contribution is 7.92. The lowest BCUT2D eigenvalue weighted by Gasteiger charge is -2.09. The van der Waals surface area contributed by atoms with Gasteiger partial charge in [0.05, 0.1) is 10.6 Å². The summed E-state index contributed by atoms with van der Waals surface area (Å²) in [5, 5.41) is 3.12. The van der Waals surface area contributed by atoms with Crippen molar-refractivity contribution in [3.63, 3.8) is 0 Å². The molecule has 0 spiro atoms. The van der Waals surface area contributed by atoms with E-state index in [0.717, 1.165) is 5.56 Å². The molecule has 0 saturated heterocycles. The first-order chi connectivity index (χ1) is 13.4. The predicted octanol–water partition coefficient (Wildman–Crippen LogP) is 4.79. The molecule has 0 aliphatic rings. The highest BCUT2D eigenvalue weighted by Crippen LogP contribution is 2.20. The van der Waals surface area contributed by atoms with Crippen molar-refractivity contribution in [3.05, 3.63) is 95.5 Å². The second-order valence-electron chi connectivity index (χ2n) is 5.87. The van der Waals surface area contributed by atoms with Crippen LogP contribution >= 0.6 is 11.6 Å². The average Bonchev–Trinajstić information content (AvgIpc) is 2.67. The minimum atomic E-state index is -3.76. The van der Waals surface area contributed by atoms with Crippen LogP contribution in [0.2, 0.25) is 5.02 Å². The first-order valence-electron chi connectivity index (χ1n) is 8.35. The molecule has 0 radical (unpaired) electrons. The molecular formula is C21H17ClN2O3S. The van der Waals surface area contributed by atoms with E-state index in [1.165, 1.54) is 36.4 Å². The Bertz CT molecular complexity index is 1100. The Labute approximate surface area is 168 Å². The molecular weight excluding hydrogens is 396 g/mol. The van der Waals surface area contributed by atoms with Gasteiger partial charge in [-0.1, -0.05) is 48.0 Å². The molecule has 1 amide bonds. The first kappa shape index (κ1) is 19.7.